The Hall–Kier alpha value is -2.13. The van der Waals surface area contributed by atoms with E-state index in [1.54, 1.807) is 17.0 Å². The second-order valence-corrected chi connectivity index (χ2v) is 6.42. The highest BCUT2D eigenvalue weighted by Gasteiger charge is 2.38. The number of benzene rings is 1. The third kappa shape index (κ3) is 4.59. The fourth-order valence-electron chi connectivity index (χ4n) is 3.14. The first kappa shape index (κ1) is 21.2. The normalized spacial score (nSPS) is 18.7. The molecule has 1 fully saturated rings. The van der Waals surface area contributed by atoms with Crippen LogP contribution in [0.5, 0.6) is 0 Å². The fourth-order valence-corrected chi connectivity index (χ4v) is 3.14. The fraction of sp³-hybridized carbons (Fsp3) is 0.471. The van der Waals surface area contributed by atoms with Crippen LogP contribution in [-0.2, 0) is 6.18 Å². The minimum Gasteiger partial charge on any atom is -0.334 e. The van der Waals surface area contributed by atoms with Crippen molar-refractivity contribution >= 4 is 18.3 Å². The molecule has 1 aromatic carbocycles. The molecule has 2 unspecified atom stereocenters. The van der Waals surface area contributed by atoms with Crippen LogP contribution < -0.4 is 5.73 Å². The molecule has 6 nitrogen and oxygen atoms in total. The Bertz CT molecular complexity index is 777. The molecule has 0 aliphatic carbocycles. The van der Waals surface area contributed by atoms with E-state index in [2.05, 4.69) is 14.7 Å². The second kappa shape index (κ2) is 8.26. The SMILES string of the molecule is CC(N)C1CCCCN1C(=O)c1ccc(-c2noc(C(F)(F)F)n2)cc1.Cl. The first-order valence-electron chi connectivity index (χ1n) is 8.35. The lowest BCUT2D eigenvalue weighted by atomic mass is 9.96. The molecule has 2 heterocycles. The highest BCUT2D eigenvalue weighted by Crippen LogP contribution is 2.29. The molecule has 1 aliphatic rings. The van der Waals surface area contributed by atoms with Crippen molar-refractivity contribution < 1.29 is 22.5 Å². The summed E-state index contributed by atoms with van der Waals surface area (Å²) in [5.74, 6) is -1.72. The molecule has 148 valence electrons. The molecule has 2 aromatic rings. The van der Waals surface area contributed by atoms with E-state index in [-0.39, 0.29) is 36.2 Å². The lowest BCUT2D eigenvalue weighted by Crippen LogP contribution is -2.51. The Labute approximate surface area is 160 Å². The Balaban J connectivity index is 0.00000261. The van der Waals surface area contributed by atoms with E-state index in [0.717, 1.165) is 19.3 Å². The summed E-state index contributed by atoms with van der Waals surface area (Å²) in [6.45, 7) is 2.53. The number of likely N-dealkylation sites (tertiary alicyclic amines) is 1. The predicted molar refractivity (Wildman–Crippen MR) is 94.3 cm³/mol. The standard InChI is InChI=1S/C17H19F3N4O2.ClH/c1-10(21)13-4-2-3-9-24(13)15(25)12-7-5-11(6-8-12)14-22-16(26-23-14)17(18,19)20;/h5-8,10,13H,2-4,9,21H2,1H3;1H. The zero-order chi connectivity index (χ0) is 18.9. The van der Waals surface area contributed by atoms with Gasteiger partial charge in [-0.3, -0.25) is 4.79 Å². The summed E-state index contributed by atoms with van der Waals surface area (Å²) >= 11 is 0. The molecule has 27 heavy (non-hydrogen) atoms. The summed E-state index contributed by atoms with van der Waals surface area (Å²) in [6, 6.07) is 5.97. The minimum atomic E-state index is -4.69. The van der Waals surface area contributed by atoms with Crippen LogP contribution >= 0.6 is 12.4 Å². The van der Waals surface area contributed by atoms with Crippen LogP contribution in [-0.4, -0.2) is 39.6 Å². The number of carbonyl (C=O) groups is 1. The molecule has 1 aliphatic heterocycles. The third-order valence-corrected chi connectivity index (χ3v) is 4.48. The van der Waals surface area contributed by atoms with Gasteiger partial charge in [0.05, 0.1) is 0 Å². The van der Waals surface area contributed by atoms with E-state index in [1.807, 2.05) is 6.92 Å². The summed E-state index contributed by atoms with van der Waals surface area (Å²) in [5, 5.41) is 3.33. The molecule has 2 N–H and O–H groups in total. The van der Waals surface area contributed by atoms with Crippen LogP contribution in [0.4, 0.5) is 13.2 Å². The number of aromatic nitrogens is 2. The number of hydrogen-bond acceptors (Lipinski definition) is 5. The topological polar surface area (TPSA) is 85.2 Å². The quantitative estimate of drug-likeness (QED) is 0.846. The summed E-state index contributed by atoms with van der Waals surface area (Å²) in [4.78, 5) is 17.9. The monoisotopic (exact) mass is 404 g/mol. The third-order valence-electron chi connectivity index (χ3n) is 4.48. The van der Waals surface area contributed by atoms with Gasteiger partial charge in [-0.1, -0.05) is 17.3 Å². The van der Waals surface area contributed by atoms with Gasteiger partial charge in [-0.15, -0.1) is 12.4 Å². The maximum Gasteiger partial charge on any atom is 0.471 e. The van der Waals surface area contributed by atoms with Crippen molar-refractivity contribution in [3.63, 3.8) is 0 Å². The molecular weight excluding hydrogens is 385 g/mol. The van der Waals surface area contributed by atoms with Gasteiger partial charge in [0.1, 0.15) is 0 Å². The second-order valence-electron chi connectivity index (χ2n) is 6.42. The van der Waals surface area contributed by atoms with Gasteiger partial charge in [0, 0.05) is 29.8 Å². The Morgan fingerprint density at radius 1 is 1.30 bits per heavy atom. The van der Waals surface area contributed by atoms with Crippen molar-refractivity contribution in [3.8, 4) is 11.4 Å². The van der Waals surface area contributed by atoms with Gasteiger partial charge < -0.3 is 15.2 Å². The number of nitrogens with two attached hydrogens (primary N) is 1. The average Bonchev–Trinajstić information content (AvgIpc) is 3.12. The van der Waals surface area contributed by atoms with E-state index in [9.17, 15) is 18.0 Å². The molecule has 1 amide bonds. The van der Waals surface area contributed by atoms with E-state index >= 15 is 0 Å². The molecule has 3 rings (SSSR count). The van der Waals surface area contributed by atoms with Crippen LogP contribution in [0.1, 0.15) is 42.4 Å². The largest absolute Gasteiger partial charge is 0.471 e. The van der Waals surface area contributed by atoms with E-state index < -0.39 is 12.1 Å². The maximum atomic E-state index is 12.8. The molecule has 10 heteroatoms. The van der Waals surface area contributed by atoms with Crippen LogP contribution in [0.25, 0.3) is 11.4 Å². The highest BCUT2D eigenvalue weighted by molar-refractivity contribution is 5.95. The first-order valence-corrected chi connectivity index (χ1v) is 8.35. The van der Waals surface area contributed by atoms with Crippen molar-refractivity contribution in [1.82, 2.24) is 15.0 Å². The van der Waals surface area contributed by atoms with Gasteiger partial charge in [0.2, 0.25) is 5.82 Å². The number of halogens is 4. The average molecular weight is 405 g/mol. The van der Waals surface area contributed by atoms with Crippen LogP contribution in [0.15, 0.2) is 28.8 Å². The van der Waals surface area contributed by atoms with Crippen molar-refractivity contribution in [2.45, 2.75) is 44.4 Å². The molecule has 2 atom stereocenters. The van der Waals surface area contributed by atoms with E-state index in [0.29, 0.717) is 17.7 Å². The van der Waals surface area contributed by atoms with Crippen molar-refractivity contribution in [2.24, 2.45) is 5.73 Å². The Morgan fingerprint density at radius 2 is 1.96 bits per heavy atom. The van der Waals surface area contributed by atoms with Crippen molar-refractivity contribution in [3.05, 3.63) is 35.7 Å². The number of amides is 1. The van der Waals surface area contributed by atoms with Gasteiger partial charge >= 0.3 is 12.1 Å². The van der Waals surface area contributed by atoms with Crippen LogP contribution in [0, 0.1) is 0 Å². The van der Waals surface area contributed by atoms with Gasteiger partial charge in [-0.25, -0.2) is 0 Å². The molecule has 1 aromatic heterocycles. The van der Waals surface area contributed by atoms with Gasteiger partial charge in [-0.05, 0) is 38.3 Å². The Morgan fingerprint density at radius 3 is 2.52 bits per heavy atom. The molecular formula is C17H20ClF3N4O2. The number of hydrogen-bond donors (Lipinski definition) is 1. The number of alkyl halides is 3. The minimum absolute atomic E-state index is 0. The zero-order valence-corrected chi connectivity index (χ0v) is 15.4. The zero-order valence-electron chi connectivity index (χ0n) is 14.6. The molecule has 0 radical (unpaired) electrons. The molecule has 0 saturated carbocycles. The van der Waals surface area contributed by atoms with E-state index in [1.165, 1.54) is 12.1 Å². The highest BCUT2D eigenvalue weighted by atomic mass is 35.5. The van der Waals surface area contributed by atoms with Gasteiger partial charge in [-0.2, -0.15) is 18.2 Å². The lowest BCUT2D eigenvalue weighted by molar-refractivity contribution is -0.159. The molecule has 0 spiro atoms. The summed E-state index contributed by atoms with van der Waals surface area (Å²) < 4.78 is 41.8. The van der Waals surface area contributed by atoms with Crippen molar-refractivity contribution in [2.75, 3.05) is 6.54 Å². The number of nitrogens with zero attached hydrogens (tertiary/aromatic N) is 3. The number of carbonyl (C=O) groups excluding carboxylic acids is 1. The Kier molecular flexibility index (Phi) is 6.48. The van der Waals surface area contributed by atoms with Crippen molar-refractivity contribution in [1.29, 1.82) is 0 Å². The molecule has 1 saturated heterocycles. The number of piperidine rings is 1. The summed E-state index contributed by atoms with van der Waals surface area (Å²) in [5.41, 5.74) is 6.78. The van der Waals surface area contributed by atoms with Crippen LogP contribution in [0.2, 0.25) is 0 Å². The first-order chi connectivity index (χ1) is 12.3. The van der Waals surface area contributed by atoms with Gasteiger partial charge in [0.25, 0.3) is 5.91 Å². The van der Waals surface area contributed by atoms with E-state index in [4.69, 9.17) is 5.73 Å². The predicted octanol–water partition coefficient (Wildman–Crippen LogP) is 3.52. The summed E-state index contributed by atoms with van der Waals surface area (Å²) in [6.07, 6.45) is -1.86. The number of rotatable bonds is 3. The lowest BCUT2D eigenvalue weighted by Gasteiger charge is -2.38. The van der Waals surface area contributed by atoms with Crippen LogP contribution in [0.3, 0.4) is 0 Å². The van der Waals surface area contributed by atoms with Gasteiger partial charge in [0.15, 0.2) is 0 Å². The maximum absolute atomic E-state index is 12.8. The summed E-state index contributed by atoms with van der Waals surface area (Å²) in [7, 11) is 0. The molecule has 0 bridgehead atoms. The smallest absolute Gasteiger partial charge is 0.334 e.